The summed E-state index contributed by atoms with van der Waals surface area (Å²) in [5.74, 6) is -0.514. The summed E-state index contributed by atoms with van der Waals surface area (Å²) < 4.78 is 13.6. The Hall–Kier alpha value is -2.69. The molecule has 2 aromatic carbocycles. The quantitative estimate of drug-likeness (QED) is 0.825. The minimum Gasteiger partial charge on any atom is -0.356 e. The molecule has 0 saturated carbocycles. The molecule has 0 saturated heterocycles. The van der Waals surface area contributed by atoms with Crippen LogP contribution in [-0.4, -0.2) is 24.9 Å². The highest BCUT2D eigenvalue weighted by Crippen LogP contribution is 2.24. The second-order valence-electron chi connectivity index (χ2n) is 6.35. The highest BCUT2D eigenvalue weighted by Gasteiger charge is 2.17. The molecule has 0 radical (unpaired) electrons. The van der Waals surface area contributed by atoms with E-state index >= 15 is 0 Å². The number of anilines is 1. The van der Waals surface area contributed by atoms with Crippen LogP contribution in [0.25, 0.3) is 0 Å². The molecule has 138 valence electrons. The monoisotopic (exact) mass is 356 g/mol. The van der Waals surface area contributed by atoms with Gasteiger partial charge < -0.3 is 10.2 Å². The van der Waals surface area contributed by atoms with Gasteiger partial charge in [-0.1, -0.05) is 36.4 Å². The summed E-state index contributed by atoms with van der Waals surface area (Å²) in [6.45, 7) is 6.08. The first-order valence-corrected chi connectivity index (χ1v) is 8.74. The van der Waals surface area contributed by atoms with Crippen LogP contribution in [0.1, 0.15) is 30.0 Å². The average molecular weight is 356 g/mol. The predicted octanol–water partition coefficient (Wildman–Crippen LogP) is 3.54. The Bertz CT molecular complexity index is 769. The molecule has 2 amide bonds. The summed E-state index contributed by atoms with van der Waals surface area (Å²) in [5.41, 5.74) is 3.44. The van der Waals surface area contributed by atoms with Gasteiger partial charge in [-0.25, -0.2) is 4.39 Å². The van der Waals surface area contributed by atoms with E-state index in [1.54, 1.807) is 23.1 Å². The summed E-state index contributed by atoms with van der Waals surface area (Å²) in [6.07, 6.45) is 0.635. The van der Waals surface area contributed by atoms with Crippen LogP contribution < -0.4 is 10.2 Å². The second kappa shape index (κ2) is 9.13. The molecule has 0 heterocycles. The lowest BCUT2D eigenvalue weighted by Crippen LogP contribution is -2.35. The van der Waals surface area contributed by atoms with Crippen molar-refractivity contribution in [3.05, 3.63) is 65.0 Å². The molecule has 0 unspecified atom stereocenters. The molecule has 1 N–H and O–H groups in total. The molecule has 0 atom stereocenters. The Morgan fingerprint density at radius 3 is 2.31 bits per heavy atom. The Morgan fingerprint density at radius 1 is 1.04 bits per heavy atom. The zero-order valence-electron chi connectivity index (χ0n) is 15.5. The molecule has 0 aliphatic rings. The topological polar surface area (TPSA) is 49.4 Å². The fourth-order valence-corrected chi connectivity index (χ4v) is 3.00. The Kier molecular flexibility index (Phi) is 6.89. The van der Waals surface area contributed by atoms with Crippen molar-refractivity contribution >= 4 is 17.5 Å². The maximum atomic E-state index is 13.6. The molecule has 0 aliphatic carbocycles. The molecule has 2 rings (SSSR count). The van der Waals surface area contributed by atoms with Gasteiger partial charge in [0.15, 0.2) is 0 Å². The van der Waals surface area contributed by atoms with E-state index < -0.39 is 0 Å². The van der Waals surface area contributed by atoms with E-state index in [-0.39, 0.29) is 24.1 Å². The minimum absolute atomic E-state index is 0.0958. The van der Waals surface area contributed by atoms with Crippen molar-refractivity contribution in [1.29, 1.82) is 0 Å². The number of benzene rings is 2. The van der Waals surface area contributed by atoms with Crippen molar-refractivity contribution < 1.29 is 14.0 Å². The van der Waals surface area contributed by atoms with Gasteiger partial charge >= 0.3 is 0 Å². The first-order chi connectivity index (χ1) is 12.4. The van der Waals surface area contributed by atoms with Crippen LogP contribution in [0.3, 0.4) is 0 Å². The number of halogens is 1. The van der Waals surface area contributed by atoms with E-state index in [1.165, 1.54) is 13.0 Å². The number of hydrogen-bond acceptors (Lipinski definition) is 2. The maximum absolute atomic E-state index is 13.6. The van der Waals surface area contributed by atoms with Gasteiger partial charge in [0, 0.05) is 32.1 Å². The second-order valence-corrected chi connectivity index (χ2v) is 6.35. The van der Waals surface area contributed by atoms with Gasteiger partial charge in [0.2, 0.25) is 11.8 Å². The summed E-state index contributed by atoms with van der Waals surface area (Å²) in [7, 11) is 0. The standard InChI is InChI=1S/C21H25FN2O2/c1-15-7-6-8-16(2)21(15)24(17(3)25)14-12-20(26)23-13-11-18-9-4-5-10-19(18)22/h4-10H,11-14H2,1-3H3,(H,23,26). The van der Waals surface area contributed by atoms with Gasteiger partial charge in [0.05, 0.1) is 0 Å². The molecule has 0 aliphatic heterocycles. The van der Waals surface area contributed by atoms with Gasteiger partial charge in [0.1, 0.15) is 5.82 Å². The van der Waals surface area contributed by atoms with Crippen molar-refractivity contribution in [2.45, 2.75) is 33.6 Å². The van der Waals surface area contributed by atoms with Crippen molar-refractivity contribution in [2.24, 2.45) is 0 Å². The summed E-state index contributed by atoms with van der Waals surface area (Å²) >= 11 is 0. The van der Waals surface area contributed by atoms with E-state index in [0.717, 1.165) is 16.8 Å². The third kappa shape index (κ3) is 5.15. The third-order valence-electron chi connectivity index (χ3n) is 4.33. The van der Waals surface area contributed by atoms with E-state index in [2.05, 4.69) is 5.32 Å². The number of nitrogens with one attached hydrogen (secondary N) is 1. The van der Waals surface area contributed by atoms with Gasteiger partial charge in [-0.05, 0) is 43.0 Å². The molecule has 0 aromatic heterocycles. The zero-order chi connectivity index (χ0) is 19.1. The molecule has 26 heavy (non-hydrogen) atoms. The van der Waals surface area contributed by atoms with Crippen molar-refractivity contribution in [1.82, 2.24) is 5.32 Å². The number of aryl methyl sites for hydroxylation is 2. The lowest BCUT2D eigenvalue weighted by molar-refractivity contribution is -0.121. The largest absolute Gasteiger partial charge is 0.356 e. The smallest absolute Gasteiger partial charge is 0.223 e. The lowest BCUT2D eigenvalue weighted by atomic mass is 10.1. The van der Waals surface area contributed by atoms with Gasteiger partial charge in [-0.3, -0.25) is 9.59 Å². The fourth-order valence-electron chi connectivity index (χ4n) is 3.00. The number of carbonyl (C=O) groups excluding carboxylic acids is 2. The Labute approximate surface area is 154 Å². The van der Waals surface area contributed by atoms with Gasteiger partial charge in [-0.15, -0.1) is 0 Å². The van der Waals surface area contributed by atoms with Crippen LogP contribution in [0, 0.1) is 19.7 Å². The van der Waals surface area contributed by atoms with Crippen molar-refractivity contribution in [3.63, 3.8) is 0 Å². The molecule has 0 fully saturated rings. The van der Waals surface area contributed by atoms with E-state index in [1.807, 2.05) is 32.0 Å². The number of rotatable bonds is 7. The van der Waals surface area contributed by atoms with E-state index in [9.17, 15) is 14.0 Å². The molecular weight excluding hydrogens is 331 g/mol. The normalized spacial score (nSPS) is 10.5. The van der Waals surface area contributed by atoms with Crippen LogP contribution >= 0.6 is 0 Å². The first-order valence-electron chi connectivity index (χ1n) is 8.74. The summed E-state index contributed by atoms with van der Waals surface area (Å²) in [5, 5.41) is 2.79. The Balaban J connectivity index is 1.90. The number of carbonyl (C=O) groups is 2. The van der Waals surface area contributed by atoms with Gasteiger partial charge in [-0.2, -0.15) is 0 Å². The maximum Gasteiger partial charge on any atom is 0.223 e. The Morgan fingerprint density at radius 2 is 1.69 bits per heavy atom. The van der Waals surface area contributed by atoms with Crippen molar-refractivity contribution in [2.75, 3.05) is 18.0 Å². The van der Waals surface area contributed by atoms with Crippen LogP contribution in [-0.2, 0) is 16.0 Å². The van der Waals surface area contributed by atoms with Crippen LogP contribution in [0.4, 0.5) is 10.1 Å². The molecule has 2 aromatic rings. The van der Waals surface area contributed by atoms with Crippen molar-refractivity contribution in [3.8, 4) is 0 Å². The predicted molar refractivity (Wildman–Crippen MR) is 102 cm³/mol. The molecule has 0 bridgehead atoms. The molecule has 0 spiro atoms. The zero-order valence-corrected chi connectivity index (χ0v) is 15.5. The van der Waals surface area contributed by atoms with Crippen LogP contribution in [0.5, 0.6) is 0 Å². The average Bonchev–Trinajstić information content (AvgIpc) is 2.58. The molecular formula is C21H25FN2O2. The number of hydrogen-bond donors (Lipinski definition) is 1. The third-order valence-corrected chi connectivity index (χ3v) is 4.33. The SMILES string of the molecule is CC(=O)N(CCC(=O)NCCc1ccccc1F)c1c(C)cccc1C. The summed E-state index contributed by atoms with van der Waals surface area (Å²) in [6, 6.07) is 12.4. The van der Waals surface area contributed by atoms with Gasteiger partial charge in [0.25, 0.3) is 0 Å². The van der Waals surface area contributed by atoms with E-state index in [0.29, 0.717) is 25.1 Å². The van der Waals surface area contributed by atoms with Crippen LogP contribution in [0.15, 0.2) is 42.5 Å². The number of amides is 2. The minimum atomic E-state index is -0.264. The van der Waals surface area contributed by atoms with Crippen LogP contribution in [0.2, 0.25) is 0 Å². The number of nitrogens with zero attached hydrogens (tertiary/aromatic N) is 1. The highest BCUT2D eigenvalue weighted by atomic mass is 19.1. The first kappa shape index (κ1) is 19.6. The van der Waals surface area contributed by atoms with E-state index in [4.69, 9.17) is 0 Å². The fraction of sp³-hybridized carbons (Fsp3) is 0.333. The molecule has 4 nitrogen and oxygen atoms in total. The number of para-hydroxylation sites is 1. The lowest BCUT2D eigenvalue weighted by Gasteiger charge is -2.25. The highest BCUT2D eigenvalue weighted by molar-refractivity contribution is 5.94. The summed E-state index contributed by atoms with van der Waals surface area (Å²) in [4.78, 5) is 25.8. The molecule has 5 heteroatoms.